The van der Waals surface area contributed by atoms with Crippen LogP contribution in [-0.2, 0) is 4.79 Å². The van der Waals surface area contributed by atoms with Gasteiger partial charge in [0.25, 0.3) is 0 Å². The van der Waals surface area contributed by atoms with Gasteiger partial charge in [-0.25, -0.2) is 9.67 Å². The minimum absolute atomic E-state index is 0.0594. The number of carbonyl (C=O) groups excluding carboxylic acids is 1. The number of amides is 1. The summed E-state index contributed by atoms with van der Waals surface area (Å²) in [6.07, 6.45) is 5.13. The van der Waals surface area contributed by atoms with E-state index >= 15 is 0 Å². The molecule has 2 aromatic rings. The number of anilines is 1. The zero-order valence-corrected chi connectivity index (χ0v) is 11.8. The Morgan fingerprint density at radius 3 is 2.90 bits per heavy atom. The Labute approximate surface area is 117 Å². The Morgan fingerprint density at radius 1 is 1.40 bits per heavy atom. The van der Waals surface area contributed by atoms with Crippen LogP contribution in [0.4, 0.5) is 5.69 Å². The van der Waals surface area contributed by atoms with Crippen LogP contribution in [0, 0.1) is 0 Å². The summed E-state index contributed by atoms with van der Waals surface area (Å²) in [6, 6.07) is 2.12. The Bertz CT molecular complexity index is 592. The monoisotopic (exact) mass is 276 g/mol. The van der Waals surface area contributed by atoms with Crippen LogP contribution in [0.15, 0.2) is 18.5 Å². The number of hydrogen-bond donors (Lipinski definition) is 2. The largest absolute Gasteiger partial charge is 0.396 e. The van der Waals surface area contributed by atoms with Crippen molar-refractivity contribution in [3.63, 3.8) is 0 Å². The minimum atomic E-state index is -0.0594. The lowest BCUT2D eigenvalue weighted by Gasteiger charge is -2.07. The predicted molar refractivity (Wildman–Crippen MR) is 77.5 cm³/mol. The number of fused-ring (bicyclic) bond motifs is 1. The lowest BCUT2D eigenvalue weighted by molar-refractivity contribution is -0.116. The molecular weight excluding hydrogens is 256 g/mol. The summed E-state index contributed by atoms with van der Waals surface area (Å²) < 4.78 is 1.85. The molecule has 1 amide bonds. The van der Waals surface area contributed by atoms with Crippen LogP contribution in [0.2, 0.25) is 0 Å². The smallest absolute Gasteiger partial charge is 0.224 e. The maximum absolute atomic E-state index is 11.7. The molecule has 2 aromatic heterocycles. The molecule has 2 N–H and O–H groups in total. The molecule has 0 saturated carbocycles. The highest BCUT2D eigenvalue weighted by Crippen LogP contribution is 2.19. The van der Waals surface area contributed by atoms with Gasteiger partial charge in [-0.05, 0) is 32.8 Å². The Kier molecular flexibility index (Phi) is 4.68. The van der Waals surface area contributed by atoms with Gasteiger partial charge in [-0.15, -0.1) is 0 Å². The molecule has 0 spiro atoms. The van der Waals surface area contributed by atoms with E-state index in [9.17, 15) is 4.79 Å². The van der Waals surface area contributed by atoms with E-state index < -0.39 is 0 Å². The molecule has 0 saturated heterocycles. The number of nitrogens with zero attached hydrogens (tertiary/aromatic N) is 3. The molecule has 0 bridgehead atoms. The molecule has 2 heterocycles. The second-order valence-corrected chi connectivity index (χ2v) is 5.05. The molecule has 0 unspecified atom stereocenters. The fraction of sp³-hybridized carbons (Fsp3) is 0.500. The first-order valence-corrected chi connectivity index (χ1v) is 6.86. The molecule has 0 aliphatic carbocycles. The van der Waals surface area contributed by atoms with E-state index in [2.05, 4.69) is 15.4 Å². The highest BCUT2D eigenvalue weighted by molar-refractivity contribution is 5.92. The summed E-state index contributed by atoms with van der Waals surface area (Å²) in [6.45, 7) is 4.21. The maximum Gasteiger partial charge on any atom is 0.224 e. The van der Waals surface area contributed by atoms with Crippen LogP contribution in [0.3, 0.4) is 0 Å². The van der Waals surface area contributed by atoms with Gasteiger partial charge in [0.05, 0.1) is 18.1 Å². The number of hydrogen-bond acceptors (Lipinski definition) is 4. The van der Waals surface area contributed by atoms with Crippen LogP contribution in [-0.4, -0.2) is 32.4 Å². The number of carbonyl (C=O) groups is 1. The molecule has 108 valence electrons. The number of aromatic nitrogens is 3. The van der Waals surface area contributed by atoms with Crippen molar-refractivity contribution in [2.24, 2.45) is 0 Å². The Morgan fingerprint density at radius 2 is 2.20 bits per heavy atom. The van der Waals surface area contributed by atoms with Crippen LogP contribution in [0.5, 0.6) is 0 Å². The van der Waals surface area contributed by atoms with Gasteiger partial charge in [-0.1, -0.05) is 0 Å². The second-order valence-electron chi connectivity index (χ2n) is 5.05. The molecule has 0 radical (unpaired) electrons. The molecule has 2 rings (SSSR count). The molecule has 6 heteroatoms. The van der Waals surface area contributed by atoms with Gasteiger partial charge in [0, 0.05) is 24.5 Å². The van der Waals surface area contributed by atoms with Crippen molar-refractivity contribution in [3.8, 4) is 0 Å². The molecule has 0 atom stereocenters. The van der Waals surface area contributed by atoms with Gasteiger partial charge in [-0.2, -0.15) is 5.10 Å². The van der Waals surface area contributed by atoms with Gasteiger partial charge < -0.3 is 10.4 Å². The maximum atomic E-state index is 11.7. The third kappa shape index (κ3) is 3.33. The van der Waals surface area contributed by atoms with Gasteiger partial charge >= 0.3 is 0 Å². The number of unbranched alkanes of at least 4 members (excludes halogenated alkanes) is 1. The lowest BCUT2D eigenvalue weighted by Crippen LogP contribution is -2.11. The van der Waals surface area contributed by atoms with E-state index in [1.54, 1.807) is 12.4 Å². The molecule has 20 heavy (non-hydrogen) atoms. The van der Waals surface area contributed by atoms with E-state index in [4.69, 9.17) is 5.11 Å². The normalized spacial score (nSPS) is 11.2. The average Bonchev–Trinajstić information content (AvgIpc) is 2.82. The standard InChI is InChI=1S/C14H20N4O2/c1-10(2)18-14-11(8-16-18)7-12(9-15-14)17-13(20)5-3-4-6-19/h7-10,19H,3-6H2,1-2H3,(H,17,20). The van der Waals surface area contributed by atoms with Crippen LogP contribution in [0.1, 0.15) is 39.2 Å². The van der Waals surface area contributed by atoms with Crippen molar-refractivity contribution >= 4 is 22.6 Å². The lowest BCUT2D eigenvalue weighted by atomic mass is 10.2. The summed E-state index contributed by atoms with van der Waals surface area (Å²) in [5, 5.41) is 16.7. The SMILES string of the molecule is CC(C)n1ncc2cc(NC(=O)CCCCO)cnc21. The molecule has 0 fully saturated rings. The van der Waals surface area contributed by atoms with Crippen LogP contribution < -0.4 is 5.32 Å². The molecule has 0 aliphatic rings. The first-order valence-electron chi connectivity index (χ1n) is 6.86. The fourth-order valence-electron chi connectivity index (χ4n) is 2.01. The van der Waals surface area contributed by atoms with E-state index in [0.717, 1.165) is 11.0 Å². The number of aliphatic hydroxyl groups is 1. The second kappa shape index (κ2) is 6.47. The molecule has 0 aliphatic heterocycles. The summed E-state index contributed by atoms with van der Waals surface area (Å²) in [7, 11) is 0. The zero-order chi connectivity index (χ0) is 14.5. The van der Waals surface area contributed by atoms with E-state index in [1.165, 1.54) is 0 Å². The van der Waals surface area contributed by atoms with Crippen molar-refractivity contribution < 1.29 is 9.90 Å². The predicted octanol–water partition coefficient (Wildman–Crippen LogP) is 2.11. The third-order valence-electron chi connectivity index (χ3n) is 3.02. The van der Waals surface area contributed by atoms with Crippen LogP contribution >= 0.6 is 0 Å². The van der Waals surface area contributed by atoms with Crippen molar-refractivity contribution in [3.05, 3.63) is 18.5 Å². The zero-order valence-electron chi connectivity index (χ0n) is 11.8. The van der Waals surface area contributed by atoms with E-state index in [1.807, 2.05) is 24.6 Å². The van der Waals surface area contributed by atoms with E-state index in [0.29, 0.717) is 24.9 Å². The highest BCUT2D eigenvalue weighted by Gasteiger charge is 2.09. The van der Waals surface area contributed by atoms with Crippen molar-refractivity contribution in [2.45, 2.75) is 39.2 Å². The minimum Gasteiger partial charge on any atom is -0.396 e. The Hall–Kier alpha value is -1.95. The molecule has 6 nitrogen and oxygen atoms in total. The summed E-state index contributed by atoms with van der Waals surface area (Å²) >= 11 is 0. The number of nitrogens with one attached hydrogen (secondary N) is 1. The summed E-state index contributed by atoms with van der Waals surface area (Å²) in [4.78, 5) is 16.1. The molecular formula is C14H20N4O2. The summed E-state index contributed by atoms with van der Waals surface area (Å²) in [5.41, 5.74) is 1.49. The molecule has 0 aromatic carbocycles. The quantitative estimate of drug-likeness (QED) is 0.792. The Balaban J connectivity index is 2.07. The fourth-order valence-corrected chi connectivity index (χ4v) is 2.01. The first kappa shape index (κ1) is 14.5. The first-order chi connectivity index (χ1) is 9.61. The van der Waals surface area contributed by atoms with Gasteiger partial charge in [0.15, 0.2) is 5.65 Å². The van der Waals surface area contributed by atoms with Gasteiger partial charge in [-0.3, -0.25) is 4.79 Å². The number of pyridine rings is 1. The third-order valence-corrected chi connectivity index (χ3v) is 3.02. The van der Waals surface area contributed by atoms with Gasteiger partial charge in [0.1, 0.15) is 0 Å². The highest BCUT2D eigenvalue weighted by atomic mass is 16.3. The average molecular weight is 276 g/mol. The van der Waals surface area contributed by atoms with Crippen LogP contribution in [0.25, 0.3) is 11.0 Å². The van der Waals surface area contributed by atoms with Gasteiger partial charge in [0.2, 0.25) is 5.91 Å². The van der Waals surface area contributed by atoms with Crippen molar-refractivity contribution in [1.82, 2.24) is 14.8 Å². The van der Waals surface area contributed by atoms with Crippen molar-refractivity contribution in [2.75, 3.05) is 11.9 Å². The summed E-state index contributed by atoms with van der Waals surface area (Å²) in [5.74, 6) is -0.0594. The van der Waals surface area contributed by atoms with E-state index in [-0.39, 0.29) is 18.6 Å². The van der Waals surface area contributed by atoms with Crippen molar-refractivity contribution in [1.29, 1.82) is 0 Å². The topological polar surface area (TPSA) is 80.0 Å². The number of rotatable bonds is 6. The number of aliphatic hydroxyl groups excluding tert-OH is 1.